The smallest absolute Gasteiger partial charge is 0.0552 e. The summed E-state index contributed by atoms with van der Waals surface area (Å²) in [5.41, 5.74) is 0.149. The van der Waals surface area contributed by atoms with Crippen molar-refractivity contribution in [2.24, 2.45) is 11.3 Å². The molecule has 0 aliphatic carbocycles. The van der Waals surface area contributed by atoms with Gasteiger partial charge in [-0.25, -0.2) is 0 Å². The first-order valence-electron chi connectivity index (χ1n) is 12.6. The van der Waals surface area contributed by atoms with E-state index in [1.807, 2.05) is 0 Å². The van der Waals surface area contributed by atoms with E-state index in [2.05, 4.69) is 46.5 Å². The second kappa shape index (κ2) is 18.5. The van der Waals surface area contributed by atoms with Crippen LogP contribution in [0.3, 0.4) is 0 Å². The zero-order valence-electron chi connectivity index (χ0n) is 20.1. The summed E-state index contributed by atoms with van der Waals surface area (Å²) in [6.45, 7) is 11.3. The van der Waals surface area contributed by atoms with E-state index in [0.717, 1.165) is 19.3 Å². The van der Waals surface area contributed by atoms with Gasteiger partial charge in [-0.1, -0.05) is 124 Å². The highest BCUT2D eigenvalue weighted by atomic mass is 16.3. The van der Waals surface area contributed by atoms with Gasteiger partial charge in [0.2, 0.25) is 0 Å². The molecule has 0 heterocycles. The highest BCUT2D eigenvalue weighted by Gasteiger charge is 2.25. The fourth-order valence-electron chi connectivity index (χ4n) is 3.72. The number of hydrogen-bond acceptors (Lipinski definition) is 1. The molecule has 0 rings (SSSR count). The Morgan fingerprint density at radius 1 is 0.679 bits per heavy atom. The molecule has 0 unspecified atom stereocenters. The molecule has 0 amide bonds. The van der Waals surface area contributed by atoms with Gasteiger partial charge in [-0.2, -0.15) is 0 Å². The lowest BCUT2D eigenvalue weighted by Crippen LogP contribution is -2.24. The molecule has 0 aromatic rings. The van der Waals surface area contributed by atoms with Gasteiger partial charge in [0.25, 0.3) is 0 Å². The Morgan fingerprint density at radius 2 is 1.14 bits per heavy atom. The molecule has 1 heteroatoms. The summed E-state index contributed by atoms with van der Waals surface area (Å²) >= 11 is 0. The lowest BCUT2D eigenvalue weighted by Gasteiger charge is -2.28. The van der Waals surface area contributed by atoms with E-state index in [-0.39, 0.29) is 11.5 Å². The molecule has 0 spiro atoms. The van der Waals surface area contributed by atoms with Crippen molar-refractivity contribution in [3.05, 3.63) is 0 Å². The monoisotopic (exact) mass is 392 g/mol. The maximum absolute atomic E-state index is 10.5. The van der Waals surface area contributed by atoms with Crippen molar-refractivity contribution in [3.63, 3.8) is 0 Å². The summed E-state index contributed by atoms with van der Waals surface area (Å²) in [7, 11) is 0. The van der Waals surface area contributed by atoms with Gasteiger partial charge in [0.1, 0.15) is 0 Å². The fourth-order valence-corrected chi connectivity index (χ4v) is 3.72. The number of hydrogen-bond donors (Lipinski definition) is 1. The van der Waals surface area contributed by atoms with Crippen LogP contribution in [0.4, 0.5) is 0 Å². The molecule has 0 aromatic heterocycles. The second-order valence-corrected chi connectivity index (χ2v) is 9.91. The molecule has 0 saturated carbocycles. The highest BCUT2D eigenvalue weighted by molar-refractivity contribution is 5.07. The molecule has 0 radical (unpaired) electrons. The Labute approximate surface area is 178 Å². The third kappa shape index (κ3) is 17.6. The Bertz CT molecular complexity index is 381. The van der Waals surface area contributed by atoms with Crippen molar-refractivity contribution >= 4 is 0 Å². The van der Waals surface area contributed by atoms with Crippen molar-refractivity contribution in [2.75, 3.05) is 0 Å². The van der Waals surface area contributed by atoms with E-state index < -0.39 is 0 Å². The Morgan fingerprint density at radius 3 is 1.64 bits per heavy atom. The molecule has 2 atom stereocenters. The third-order valence-corrected chi connectivity index (χ3v) is 5.88. The van der Waals surface area contributed by atoms with Crippen LogP contribution in [0.15, 0.2) is 0 Å². The molecule has 1 N–H and O–H groups in total. The maximum Gasteiger partial charge on any atom is 0.0552 e. The van der Waals surface area contributed by atoms with Crippen LogP contribution in [0.5, 0.6) is 0 Å². The summed E-state index contributed by atoms with van der Waals surface area (Å²) in [6.07, 6.45) is 21.3. The molecule has 0 aromatic carbocycles. The largest absolute Gasteiger partial charge is 0.393 e. The van der Waals surface area contributed by atoms with Gasteiger partial charge in [-0.3, -0.25) is 0 Å². The van der Waals surface area contributed by atoms with Crippen LogP contribution in [-0.2, 0) is 0 Å². The Hall–Kier alpha value is -0.480. The van der Waals surface area contributed by atoms with Crippen LogP contribution < -0.4 is 0 Å². The van der Waals surface area contributed by atoms with Crippen LogP contribution in [0, 0.1) is 23.2 Å². The predicted octanol–water partition coefficient (Wildman–Crippen LogP) is 8.68. The minimum atomic E-state index is -0.187. The van der Waals surface area contributed by atoms with Crippen molar-refractivity contribution in [1.82, 2.24) is 0 Å². The zero-order valence-corrected chi connectivity index (χ0v) is 20.1. The van der Waals surface area contributed by atoms with Crippen molar-refractivity contribution in [1.29, 1.82) is 0 Å². The maximum atomic E-state index is 10.5. The first kappa shape index (κ1) is 27.5. The number of aliphatic hydroxyl groups excluding tert-OH is 1. The van der Waals surface area contributed by atoms with E-state index in [1.165, 1.54) is 89.9 Å². The molecule has 28 heavy (non-hydrogen) atoms. The summed E-state index contributed by atoms with van der Waals surface area (Å²) < 4.78 is 0. The van der Waals surface area contributed by atoms with Gasteiger partial charge in [-0.05, 0) is 24.7 Å². The fraction of sp³-hybridized carbons (Fsp3) is 0.926. The molecule has 0 fully saturated rings. The molecule has 1 nitrogen and oxygen atoms in total. The lowest BCUT2D eigenvalue weighted by atomic mass is 9.77. The topological polar surface area (TPSA) is 20.2 Å². The average Bonchev–Trinajstić information content (AvgIpc) is 2.64. The molecule has 0 aliphatic heterocycles. The van der Waals surface area contributed by atoms with E-state index >= 15 is 0 Å². The summed E-state index contributed by atoms with van der Waals surface area (Å²) in [5, 5.41) is 10.5. The number of unbranched alkanes of at least 4 members (excludes halogenated alkanes) is 13. The minimum absolute atomic E-state index is 0.149. The molecular formula is C27H52O. The minimum Gasteiger partial charge on any atom is -0.393 e. The quantitative estimate of drug-likeness (QED) is 0.194. The van der Waals surface area contributed by atoms with Gasteiger partial charge in [0.15, 0.2) is 0 Å². The van der Waals surface area contributed by atoms with Gasteiger partial charge in [0.05, 0.1) is 6.10 Å². The first-order chi connectivity index (χ1) is 13.4. The third-order valence-electron chi connectivity index (χ3n) is 5.88. The second-order valence-electron chi connectivity index (χ2n) is 9.91. The number of rotatable bonds is 17. The lowest BCUT2D eigenvalue weighted by molar-refractivity contribution is 0.114. The van der Waals surface area contributed by atoms with E-state index in [9.17, 15) is 5.11 Å². The van der Waals surface area contributed by atoms with Crippen molar-refractivity contribution < 1.29 is 5.11 Å². The van der Waals surface area contributed by atoms with Crippen LogP contribution >= 0.6 is 0 Å². The van der Waals surface area contributed by atoms with Gasteiger partial charge in [0, 0.05) is 12.3 Å². The van der Waals surface area contributed by atoms with E-state index in [4.69, 9.17) is 0 Å². The normalized spacial score (nSPS) is 13.8. The van der Waals surface area contributed by atoms with Gasteiger partial charge >= 0.3 is 0 Å². The van der Waals surface area contributed by atoms with Gasteiger partial charge in [-0.15, -0.1) is 5.92 Å². The first-order valence-corrected chi connectivity index (χ1v) is 12.6. The molecular weight excluding hydrogens is 340 g/mol. The highest BCUT2D eigenvalue weighted by Crippen LogP contribution is 2.30. The van der Waals surface area contributed by atoms with Crippen LogP contribution in [0.2, 0.25) is 0 Å². The SMILES string of the molecule is CCCCCC#C[C@@H](C[C@@H](O)CCCCCCCCCCCCC)C(C)(C)C. The summed E-state index contributed by atoms with van der Waals surface area (Å²) in [6, 6.07) is 0. The summed E-state index contributed by atoms with van der Waals surface area (Å²) in [4.78, 5) is 0. The standard InChI is InChI=1S/C27H52O/c1-6-8-10-12-13-14-15-16-17-19-21-23-26(28)24-25(27(3,4)5)22-20-18-11-9-7-2/h25-26,28H,6-19,21,23-24H2,1-5H3/t25-,26-/m0/s1. The molecule has 166 valence electrons. The number of aliphatic hydroxyl groups is 1. The predicted molar refractivity (Wildman–Crippen MR) is 127 cm³/mol. The molecule has 0 saturated heterocycles. The molecule has 0 aliphatic rings. The average molecular weight is 393 g/mol. The zero-order chi connectivity index (χ0) is 21.1. The van der Waals surface area contributed by atoms with Gasteiger partial charge < -0.3 is 5.11 Å². The van der Waals surface area contributed by atoms with Crippen molar-refractivity contribution in [3.8, 4) is 11.8 Å². The van der Waals surface area contributed by atoms with Crippen molar-refractivity contribution in [2.45, 2.75) is 150 Å². The van der Waals surface area contributed by atoms with Crippen LogP contribution in [0.25, 0.3) is 0 Å². The molecule has 0 bridgehead atoms. The van der Waals surface area contributed by atoms with Crippen LogP contribution in [0.1, 0.15) is 144 Å². The summed E-state index contributed by atoms with van der Waals surface area (Å²) in [5.74, 6) is 7.17. The van der Waals surface area contributed by atoms with E-state index in [1.54, 1.807) is 0 Å². The Kier molecular flexibility index (Phi) is 18.2. The van der Waals surface area contributed by atoms with E-state index in [0.29, 0.717) is 5.92 Å². The Balaban J connectivity index is 3.83. The van der Waals surface area contributed by atoms with Crippen LogP contribution in [-0.4, -0.2) is 11.2 Å².